The zero-order chi connectivity index (χ0) is 28.7. The van der Waals surface area contributed by atoms with Crippen molar-refractivity contribution in [2.75, 3.05) is 80.5 Å². The molecule has 1 N–H and O–H groups in total. The number of rotatable bonds is 7. The molecule has 3 aliphatic heterocycles. The quantitative estimate of drug-likeness (QED) is 0.546. The number of ether oxygens (including phenoxy) is 1. The lowest BCUT2D eigenvalue weighted by molar-refractivity contribution is -0.120. The van der Waals surface area contributed by atoms with Crippen LogP contribution >= 0.6 is 0 Å². The highest BCUT2D eigenvalue weighted by atomic mass is 16.5. The molecular formula is C30H42N8O3. The van der Waals surface area contributed by atoms with Gasteiger partial charge in [0, 0.05) is 51.9 Å². The first-order chi connectivity index (χ1) is 19.9. The molecule has 0 unspecified atom stereocenters. The number of carbonyl (C=O) groups excluding carboxylic acids is 2. The molecule has 1 aromatic carbocycles. The first kappa shape index (κ1) is 27.7. The van der Waals surface area contributed by atoms with Crippen LogP contribution in [0, 0.1) is 0 Å². The Balaban J connectivity index is 1.25. The van der Waals surface area contributed by atoms with Gasteiger partial charge in [-0.1, -0.05) is 19.8 Å². The smallest absolute Gasteiger partial charge is 0.249 e. The number of carbonyl (C=O) groups is 2. The number of benzene rings is 1. The van der Waals surface area contributed by atoms with Crippen LogP contribution in [0.1, 0.15) is 44.6 Å². The predicted octanol–water partition coefficient (Wildman–Crippen LogP) is 2.87. The second-order valence-electron chi connectivity index (χ2n) is 11.8. The van der Waals surface area contributed by atoms with Crippen molar-refractivity contribution in [3.05, 3.63) is 23.9 Å². The average molecular weight is 563 g/mol. The van der Waals surface area contributed by atoms with E-state index in [1.807, 2.05) is 18.0 Å². The Hall–Kier alpha value is -3.44. The zero-order valence-electron chi connectivity index (χ0n) is 24.7. The number of likely N-dealkylation sites (N-methyl/N-ethyl adjacent to an activating group) is 2. The fourth-order valence-corrected chi connectivity index (χ4v) is 6.79. The number of hydrogen-bond donors (Lipinski definition) is 1. The molecule has 1 saturated carbocycles. The first-order valence-corrected chi connectivity index (χ1v) is 15.0. The Labute approximate surface area is 242 Å². The summed E-state index contributed by atoms with van der Waals surface area (Å²) in [5.41, 5.74) is 3.52. The SMILES string of the molecule is CC[C@@H]1C(=O)N(C)c2cnc(Nc3cc4c(cc3OC)N(C(=O)CN3CCN(C)CC3)CC4)nc2N1C1CCCC1. The van der Waals surface area contributed by atoms with E-state index in [0.717, 1.165) is 80.3 Å². The van der Waals surface area contributed by atoms with E-state index < -0.39 is 0 Å². The minimum absolute atomic E-state index is 0.100. The summed E-state index contributed by atoms with van der Waals surface area (Å²) in [5.74, 6) is 2.14. The third kappa shape index (κ3) is 5.21. The summed E-state index contributed by atoms with van der Waals surface area (Å²) >= 11 is 0. The molecule has 2 fully saturated rings. The Morgan fingerprint density at radius 1 is 1.07 bits per heavy atom. The molecule has 2 amide bonds. The van der Waals surface area contributed by atoms with Gasteiger partial charge in [-0.05, 0) is 44.4 Å². The van der Waals surface area contributed by atoms with Crippen LogP contribution in [-0.2, 0) is 16.0 Å². The summed E-state index contributed by atoms with van der Waals surface area (Å²) in [5, 5.41) is 3.39. The molecule has 0 spiro atoms. The minimum atomic E-state index is -0.220. The van der Waals surface area contributed by atoms with Crippen molar-refractivity contribution in [3.8, 4) is 5.75 Å². The predicted molar refractivity (Wildman–Crippen MR) is 161 cm³/mol. The van der Waals surface area contributed by atoms with E-state index in [0.29, 0.717) is 30.8 Å². The Bertz CT molecular complexity index is 1300. The number of hydrogen-bond acceptors (Lipinski definition) is 9. The molecule has 0 bridgehead atoms. The molecule has 4 heterocycles. The number of amides is 2. The molecular weight excluding hydrogens is 520 g/mol. The van der Waals surface area contributed by atoms with Crippen molar-refractivity contribution < 1.29 is 14.3 Å². The van der Waals surface area contributed by atoms with Gasteiger partial charge in [0.15, 0.2) is 5.82 Å². The normalized spacial score (nSPS) is 21.8. The number of nitrogens with zero attached hydrogens (tertiary/aromatic N) is 7. The van der Waals surface area contributed by atoms with Gasteiger partial charge >= 0.3 is 0 Å². The van der Waals surface area contributed by atoms with Crippen molar-refractivity contribution in [3.63, 3.8) is 0 Å². The summed E-state index contributed by atoms with van der Waals surface area (Å²) in [6.07, 6.45) is 7.76. The molecule has 220 valence electrons. The Kier molecular flexibility index (Phi) is 7.74. The van der Waals surface area contributed by atoms with Crippen LogP contribution < -0.4 is 24.8 Å². The van der Waals surface area contributed by atoms with Gasteiger partial charge in [0.1, 0.15) is 17.5 Å². The van der Waals surface area contributed by atoms with E-state index in [2.05, 4.69) is 45.0 Å². The lowest BCUT2D eigenvalue weighted by Crippen LogP contribution is -2.55. The molecule has 1 aliphatic carbocycles. The average Bonchev–Trinajstić information content (AvgIpc) is 3.66. The van der Waals surface area contributed by atoms with E-state index >= 15 is 0 Å². The van der Waals surface area contributed by atoms with Gasteiger partial charge in [0.25, 0.3) is 0 Å². The molecule has 11 nitrogen and oxygen atoms in total. The van der Waals surface area contributed by atoms with E-state index in [1.165, 1.54) is 12.8 Å². The molecule has 1 atom stereocenters. The van der Waals surface area contributed by atoms with Crippen LogP contribution in [0.2, 0.25) is 0 Å². The molecule has 1 aromatic heterocycles. The molecule has 1 saturated heterocycles. The van der Waals surface area contributed by atoms with E-state index in [-0.39, 0.29) is 17.9 Å². The number of methoxy groups -OCH3 is 1. The number of nitrogens with one attached hydrogen (secondary N) is 1. The lowest BCUT2D eigenvalue weighted by atomic mass is 10.0. The third-order valence-electron chi connectivity index (χ3n) is 9.21. The van der Waals surface area contributed by atoms with Crippen LogP contribution in [0.15, 0.2) is 18.3 Å². The second kappa shape index (κ2) is 11.4. The van der Waals surface area contributed by atoms with Crippen molar-refractivity contribution in [1.29, 1.82) is 0 Å². The summed E-state index contributed by atoms with van der Waals surface area (Å²) < 4.78 is 5.78. The molecule has 11 heteroatoms. The summed E-state index contributed by atoms with van der Waals surface area (Å²) in [7, 11) is 5.57. The summed E-state index contributed by atoms with van der Waals surface area (Å²) in [6, 6.07) is 4.10. The Morgan fingerprint density at radius 2 is 1.83 bits per heavy atom. The third-order valence-corrected chi connectivity index (χ3v) is 9.21. The van der Waals surface area contributed by atoms with Crippen LogP contribution in [0.25, 0.3) is 0 Å². The molecule has 2 aromatic rings. The van der Waals surface area contributed by atoms with Crippen LogP contribution in [0.5, 0.6) is 5.75 Å². The van der Waals surface area contributed by atoms with Crippen LogP contribution in [-0.4, -0.2) is 104 Å². The highest BCUT2D eigenvalue weighted by Gasteiger charge is 2.41. The number of aromatic nitrogens is 2. The number of anilines is 5. The topological polar surface area (TPSA) is 97.4 Å². The van der Waals surface area contributed by atoms with Crippen molar-refractivity contribution in [2.24, 2.45) is 0 Å². The van der Waals surface area contributed by atoms with E-state index in [1.54, 1.807) is 18.2 Å². The maximum absolute atomic E-state index is 13.3. The maximum Gasteiger partial charge on any atom is 0.249 e. The van der Waals surface area contributed by atoms with Gasteiger partial charge in [0.05, 0.1) is 31.2 Å². The van der Waals surface area contributed by atoms with Gasteiger partial charge in [-0.25, -0.2) is 4.98 Å². The first-order valence-electron chi connectivity index (χ1n) is 15.0. The van der Waals surface area contributed by atoms with Gasteiger partial charge in [0.2, 0.25) is 17.8 Å². The molecule has 41 heavy (non-hydrogen) atoms. The highest BCUT2D eigenvalue weighted by molar-refractivity contribution is 6.04. The summed E-state index contributed by atoms with van der Waals surface area (Å²) in [6.45, 7) is 6.97. The monoisotopic (exact) mass is 562 g/mol. The van der Waals surface area contributed by atoms with Gasteiger partial charge in [-0.3, -0.25) is 14.5 Å². The fraction of sp³-hybridized carbons (Fsp3) is 0.600. The van der Waals surface area contributed by atoms with E-state index in [9.17, 15) is 9.59 Å². The van der Waals surface area contributed by atoms with E-state index in [4.69, 9.17) is 9.72 Å². The van der Waals surface area contributed by atoms with Gasteiger partial charge in [-0.15, -0.1) is 0 Å². The largest absolute Gasteiger partial charge is 0.494 e. The van der Waals surface area contributed by atoms with Crippen molar-refractivity contribution >= 4 is 40.6 Å². The van der Waals surface area contributed by atoms with Crippen LogP contribution in [0.3, 0.4) is 0 Å². The Morgan fingerprint density at radius 3 is 2.54 bits per heavy atom. The molecule has 0 radical (unpaired) electrons. The second-order valence-corrected chi connectivity index (χ2v) is 11.8. The van der Waals surface area contributed by atoms with Gasteiger partial charge in [-0.2, -0.15) is 4.98 Å². The van der Waals surface area contributed by atoms with Crippen LogP contribution in [0.4, 0.5) is 28.8 Å². The fourth-order valence-electron chi connectivity index (χ4n) is 6.79. The minimum Gasteiger partial charge on any atom is -0.494 e. The van der Waals surface area contributed by atoms with Crippen molar-refractivity contribution in [2.45, 2.75) is 57.5 Å². The highest BCUT2D eigenvalue weighted by Crippen LogP contribution is 2.42. The number of piperazine rings is 1. The summed E-state index contributed by atoms with van der Waals surface area (Å²) in [4.78, 5) is 46.4. The number of fused-ring (bicyclic) bond motifs is 2. The zero-order valence-corrected chi connectivity index (χ0v) is 24.7. The molecule has 4 aliphatic rings. The molecule has 6 rings (SSSR count). The maximum atomic E-state index is 13.3. The standard InChI is InChI=1S/C30H42N8O3/c1-5-23-29(40)35(3)25-18-31-30(33-28(25)38(23)21-8-6-7-9-21)32-22-16-20-10-11-37(24(20)17-26(22)41-4)27(39)19-36-14-12-34(2)13-15-36/h16-18,21,23H,5-15,19H2,1-4H3,(H,31,32,33)/t23-/m1/s1. The van der Waals surface area contributed by atoms with Gasteiger partial charge < -0.3 is 29.7 Å². The lowest BCUT2D eigenvalue weighted by Gasteiger charge is -2.43. The van der Waals surface area contributed by atoms with Crippen molar-refractivity contribution in [1.82, 2.24) is 19.8 Å².